The molecule has 0 saturated heterocycles. The highest BCUT2D eigenvalue weighted by Crippen LogP contribution is 2.27. The highest BCUT2D eigenvalue weighted by Gasteiger charge is 2.14. The van der Waals surface area contributed by atoms with E-state index < -0.39 is 19.1 Å². The van der Waals surface area contributed by atoms with Gasteiger partial charge in [-0.05, 0) is 13.0 Å². The summed E-state index contributed by atoms with van der Waals surface area (Å²) in [5, 5.41) is 0. The van der Waals surface area contributed by atoms with Crippen molar-refractivity contribution in [1.82, 2.24) is 4.98 Å². The molecule has 1 heterocycles. The third kappa shape index (κ3) is 3.26. The fraction of sp³-hybridized carbons (Fsp3) is 0.250. The fourth-order valence-electron chi connectivity index (χ4n) is 0.849. The number of rotatable bonds is 4. The monoisotopic (exact) mass is 224 g/mol. The molecule has 0 aliphatic heterocycles. The van der Waals surface area contributed by atoms with Crippen LogP contribution in [-0.4, -0.2) is 18.2 Å². The largest absolute Gasteiger partial charge is 0.434 e. The van der Waals surface area contributed by atoms with Crippen molar-refractivity contribution < 1.29 is 27.0 Å². The van der Waals surface area contributed by atoms with Crippen molar-refractivity contribution in [3.63, 3.8) is 0 Å². The van der Waals surface area contributed by atoms with Crippen molar-refractivity contribution in [2.75, 3.05) is 0 Å². The van der Waals surface area contributed by atoms with E-state index in [1.807, 2.05) is 0 Å². The first-order valence-corrected chi connectivity index (χ1v) is 3.71. The highest BCUT2D eigenvalue weighted by atomic mass is 19.3. The third-order valence-corrected chi connectivity index (χ3v) is 1.39. The summed E-state index contributed by atoms with van der Waals surface area (Å²) < 4.78 is 55.2. The van der Waals surface area contributed by atoms with Gasteiger partial charge in [0.25, 0.3) is 0 Å². The molecule has 0 unspecified atom stereocenters. The van der Waals surface area contributed by atoms with Gasteiger partial charge in [-0.1, -0.05) is 0 Å². The van der Waals surface area contributed by atoms with Gasteiger partial charge in [-0.25, -0.2) is 4.98 Å². The minimum atomic E-state index is -3.10. The Morgan fingerprint density at radius 1 is 1.13 bits per heavy atom. The number of hydrogen-bond donors (Lipinski definition) is 0. The highest BCUT2D eigenvalue weighted by molar-refractivity contribution is 5.41. The molecule has 3 nitrogen and oxygen atoms in total. The molecule has 0 aliphatic carbocycles. The fourth-order valence-corrected chi connectivity index (χ4v) is 0.849. The maximum Gasteiger partial charge on any atom is 0.388 e. The molecule has 0 N–H and O–H groups in total. The Morgan fingerprint density at radius 3 is 2.27 bits per heavy atom. The van der Waals surface area contributed by atoms with E-state index in [0.29, 0.717) is 0 Å². The smallest absolute Gasteiger partial charge is 0.388 e. The van der Waals surface area contributed by atoms with Crippen molar-refractivity contribution in [3.8, 4) is 11.6 Å². The summed E-state index contributed by atoms with van der Waals surface area (Å²) >= 11 is 0. The van der Waals surface area contributed by atoms with Gasteiger partial charge in [-0.15, -0.1) is 0 Å². The van der Waals surface area contributed by atoms with Gasteiger partial charge in [0.05, 0.1) is 5.56 Å². The van der Waals surface area contributed by atoms with Crippen LogP contribution in [0.4, 0.5) is 17.6 Å². The van der Waals surface area contributed by atoms with Crippen LogP contribution in [0.5, 0.6) is 11.6 Å². The molecule has 0 aliphatic rings. The summed E-state index contributed by atoms with van der Waals surface area (Å²) in [7, 11) is 0. The van der Waals surface area contributed by atoms with E-state index in [9.17, 15) is 17.6 Å². The van der Waals surface area contributed by atoms with E-state index in [1.54, 1.807) is 0 Å². The van der Waals surface area contributed by atoms with Crippen molar-refractivity contribution in [3.05, 3.63) is 24.8 Å². The molecule has 1 radical (unpaired) electrons. The molecule has 0 aromatic carbocycles. The number of pyridine rings is 1. The average Bonchev–Trinajstić information content (AvgIpc) is 2.10. The molecule has 0 amide bonds. The number of alkyl halides is 4. The molecule has 0 fully saturated rings. The van der Waals surface area contributed by atoms with E-state index in [4.69, 9.17) is 0 Å². The average molecular weight is 224 g/mol. The van der Waals surface area contributed by atoms with Gasteiger partial charge >= 0.3 is 13.2 Å². The first kappa shape index (κ1) is 11.5. The summed E-state index contributed by atoms with van der Waals surface area (Å²) in [5.74, 6) is -0.890. The number of ether oxygens (including phenoxy) is 2. The quantitative estimate of drug-likeness (QED) is 0.736. The van der Waals surface area contributed by atoms with Crippen molar-refractivity contribution in [2.45, 2.75) is 13.2 Å². The van der Waals surface area contributed by atoms with E-state index in [1.165, 1.54) is 0 Å². The molecule has 0 saturated carbocycles. The lowest BCUT2D eigenvalue weighted by Crippen LogP contribution is -2.08. The Hall–Kier alpha value is -1.53. The van der Waals surface area contributed by atoms with E-state index >= 15 is 0 Å². The normalized spacial score (nSPS) is 10.9. The number of halogens is 4. The van der Waals surface area contributed by atoms with Crippen LogP contribution in [0.2, 0.25) is 0 Å². The lowest BCUT2D eigenvalue weighted by molar-refractivity contribution is -0.0569. The lowest BCUT2D eigenvalue weighted by Gasteiger charge is -2.10. The Labute approximate surface area is 82.6 Å². The minimum Gasteiger partial charge on any atom is -0.434 e. The van der Waals surface area contributed by atoms with Crippen LogP contribution in [0.3, 0.4) is 0 Å². The zero-order valence-electron chi connectivity index (χ0n) is 7.29. The van der Waals surface area contributed by atoms with Gasteiger partial charge < -0.3 is 9.47 Å². The van der Waals surface area contributed by atoms with Gasteiger partial charge in [0.15, 0.2) is 0 Å². The van der Waals surface area contributed by atoms with Crippen LogP contribution in [0.15, 0.2) is 12.3 Å². The zero-order chi connectivity index (χ0) is 11.4. The molecule has 83 valence electrons. The van der Waals surface area contributed by atoms with Gasteiger partial charge in [-0.3, -0.25) is 0 Å². The zero-order valence-corrected chi connectivity index (χ0v) is 7.29. The molecule has 0 spiro atoms. The first-order valence-electron chi connectivity index (χ1n) is 3.71. The topological polar surface area (TPSA) is 31.4 Å². The molecular formula is C8H6F4NO2. The predicted octanol–water partition coefficient (Wildman–Crippen LogP) is 2.47. The van der Waals surface area contributed by atoms with Crippen LogP contribution in [0.25, 0.3) is 0 Å². The molecule has 7 heteroatoms. The Balaban J connectivity index is 2.90. The summed E-state index contributed by atoms with van der Waals surface area (Å²) in [5.41, 5.74) is -0.252. The maximum absolute atomic E-state index is 11.8. The van der Waals surface area contributed by atoms with Crippen LogP contribution in [0.1, 0.15) is 5.56 Å². The standard InChI is InChI=1S/C8H6F4NO2/c1-4-5(14-7(9)10)2-3-13-6(4)15-8(11)12/h2-3,7-8H,1H2. The van der Waals surface area contributed by atoms with Crippen molar-refractivity contribution >= 4 is 0 Å². The second kappa shape index (κ2) is 4.81. The summed E-state index contributed by atoms with van der Waals surface area (Å²) in [6, 6.07) is 1.08. The molecule has 15 heavy (non-hydrogen) atoms. The van der Waals surface area contributed by atoms with Gasteiger partial charge in [-0.2, -0.15) is 17.6 Å². The van der Waals surface area contributed by atoms with E-state index in [0.717, 1.165) is 12.3 Å². The summed E-state index contributed by atoms with van der Waals surface area (Å²) in [6.07, 6.45) is 1.00. The SMILES string of the molecule is [CH2]c1c(OC(F)F)ccnc1OC(F)F. The Kier molecular flexibility index (Phi) is 3.70. The van der Waals surface area contributed by atoms with Crippen LogP contribution in [-0.2, 0) is 0 Å². The molecule has 1 rings (SSSR count). The van der Waals surface area contributed by atoms with Crippen molar-refractivity contribution in [2.24, 2.45) is 0 Å². The van der Waals surface area contributed by atoms with Gasteiger partial charge in [0.2, 0.25) is 5.88 Å². The summed E-state index contributed by atoms with van der Waals surface area (Å²) in [6.45, 7) is -2.91. The minimum absolute atomic E-state index is 0.252. The molecule has 0 atom stereocenters. The van der Waals surface area contributed by atoms with Crippen LogP contribution in [0, 0.1) is 6.92 Å². The van der Waals surface area contributed by atoms with E-state index in [-0.39, 0.29) is 11.3 Å². The first-order chi connectivity index (χ1) is 7.00. The number of aromatic nitrogens is 1. The molecule has 1 aromatic heterocycles. The second-order valence-corrected chi connectivity index (χ2v) is 2.35. The van der Waals surface area contributed by atoms with Crippen LogP contribution < -0.4 is 9.47 Å². The Bertz CT molecular complexity index is 304. The Morgan fingerprint density at radius 2 is 1.73 bits per heavy atom. The van der Waals surface area contributed by atoms with Crippen molar-refractivity contribution in [1.29, 1.82) is 0 Å². The lowest BCUT2D eigenvalue weighted by atomic mass is 10.3. The number of hydrogen-bond acceptors (Lipinski definition) is 3. The van der Waals surface area contributed by atoms with Gasteiger partial charge in [0.1, 0.15) is 5.75 Å². The second-order valence-electron chi connectivity index (χ2n) is 2.35. The number of nitrogens with zero attached hydrogens (tertiary/aromatic N) is 1. The third-order valence-electron chi connectivity index (χ3n) is 1.39. The van der Waals surface area contributed by atoms with Gasteiger partial charge in [0, 0.05) is 6.20 Å². The molecule has 1 aromatic rings. The summed E-state index contributed by atoms with van der Waals surface area (Å²) in [4.78, 5) is 3.40. The predicted molar refractivity (Wildman–Crippen MR) is 42.0 cm³/mol. The molecule has 0 bridgehead atoms. The van der Waals surface area contributed by atoms with E-state index in [2.05, 4.69) is 21.4 Å². The molecular weight excluding hydrogens is 218 g/mol. The van der Waals surface area contributed by atoms with Crippen LogP contribution >= 0.6 is 0 Å². The maximum atomic E-state index is 11.8.